The topological polar surface area (TPSA) is 9.23 Å². The molecular formula is C13H18F4OSi. The van der Waals surface area contributed by atoms with Crippen LogP contribution < -0.4 is 4.43 Å². The van der Waals surface area contributed by atoms with Gasteiger partial charge in [-0.15, -0.1) is 0 Å². The van der Waals surface area contributed by atoms with Gasteiger partial charge < -0.3 is 4.43 Å². The van der Waals surface area contributed by atoms with E-state index in [2.05, 4.69) is 0 Å². The molecule has 0 radical (unpaired) electrons. The van der Waals surface area contributed by atoms with Crippen molar-refractivity contribution in [2.75, 3.05) is 0 Å². The molecule has 1 rings (SSSR count). The van der Waals surface area contributed by atoms with Crippen LogP contribution in [-0.4, -0.2) is 8.32 Å². The SMILES string of the molecule is Cc1c(F)c(F)c(O[Si](C)(C)C(C)(C)C)c(F)c1F. The normalized spacial score (nSPS) is 12.7. The third-order valence-corrected chi connectivity index (χ3v) is 7.93. The highest BCUT2D eigenvalue weighted by molar-refractivity contribution is 6.74. The second kappa shape index (κ2) is 4.81. The molecule has 0 aromatic heterocycles. The average molecular weight is 294 g/mol. The molecule has 0 atom stereocenters. The minimum Gasteiger partial charge on any atom is -0.539 e. The van der Waals surface area contributed by atoms with Gasteiger partial charge in [-0.3, -0.25) is 0 Å². The van der Waals surface area contributed by atoms with Crippen molar-refractivity contribution in [1.29, 1.82) is 0 Å². The monoisotopic (exact) mass is 294 g/mol. The van der Waals surface area contributed by atoms with Crippen molar-refractivity contribution in [2.24, 2.45) is 0 Å². The van der Waals surface area contributed by atoms with Crippen LogP contribution in [0.15, 0.2) is 0 Å². The van der Waals surface area contributed by atoms with Crippen molar-refractivity contribution >= 4 is 8.32 Å². The Bertz CT molecular complexity index is 477. The predicted molar refractivity (Wildman–Crippen MR) is 68.8 cm³/mol. The molecule has 0 amide bonds. The second-order valence-electron chi connectivity index (χ2n) is 6.07. The van der Waals surface area contributed by atoms with Gasteiger partial charge in [0.15, 0.2) is 17.4 Å². The van der Waals surface area contributed by atoms with E-state index in [1.54, 1.807) is 13.1 Å². The van der Waals surface area contributed by atoms with Gasteiger partial charge in [-0.2, -0.15) is 8.78 Å². The lowest BCUT2D eigenvalue weighted by Crippen LogP contribution is -2.44. The maximum Gasteiger partial charge on any atom is 0.250 e. The molecule has 0 bridgehead atoms. The van der Waals surface area contributed by atoms with Gasteiger partial charge in [0, 0.05) is 5.56 Å². The number of rotatable bonds is 2. The summed E-state index contributed by atoms with van der Waals surface area (Å²) in [6, 6.07) is 0. The van der Waals surface area contributed by atoms with Crippen LogP contribution in [0.5, 0.6) is 5.75 Å². The van der Waals surface area contributed by atoms with Gasteiger partial charge in [-0.1, -0.05) is 20.8 Å². The fourth-order valence-corrected chi connectivity index (χ4v) is 2.21. The Morgan fingerprint density at radius 3 is 1.53 bits per heavy atom. The summed E-state index contributed by atoms with van der Waals surface area (Å²) in [4.78, 5) is 0. The summed E-state index contributed by atoms with van der Waals surface area (Å²) < 4.78 is 59.7. The zero-order valence-corrected chi connectivity index (χ0v) is 12.9. The van der Waals surface area contributed by atoms with Gasteiger partial charge in [0.05, 0.1) is 0 Å². The fraction of sp³-hybridized carbons (Fsp3) is 0.538. The van der Waals surface area contributed by atoms with Crippen molar-refractivity contribution in [3.05, 3.63) is 28.8 Å². The quantitative estimate of drug-likeness (QED) is 0.426. The van der Waals surface area contributed by atoms with E-state index in [9.17, 15) is 17.6 Å². The van der Waals surface area contributed by atoms with Gasteiger partial charge in [-0.05, 0) is 25.1 Å². The lowest BCUT2D eigenvalue weighted by atomic mass is 10.2. The lowest BCUT2D eigenvalue weighted by molar-refractivity contribution is 0.375. The zero-order chi connectivity index (χ0) is 15.2. The molecule has 0 fully saturated rings. The molecule has 6 heteroatoms. The highest BCUT2D eigenvalue weighted by Gasteiger charge is 2.41. The third kappa shape index (κ3) is 2.78. The summed E-state index contributed by atoms with van der Waals surface area (Å²) >= 11 is 0. The maximum absolute atomic E-state index is 13.7. The summed E-state index contributed by atoms with van der Waals surface area (Å²) in [7, 11) is -2.59. The van der Waals surface area contributed by atoms with Crippen LogP contribution in [0.25, 0.3) is 0 Å². The molecule has 0 saturated carbocycles. The second-order valence-corrected chi connectivity index (χ2v) is 10.8. The lowest BCUT2D eigenvalue weighted by Gasteiger charge is -2.36. The molecule has 19 heavy (non-hydrogen) atoms. The Kier molecular flexibility index (Phi) is 4.05. The first-order chi connectivity index (χ1) is 8.40. The minimum absolute atomic E-state index is 0.344. The van der Waals surface area contributed by atoms with Crippen LogP contribution in [0.1, 0.15) is 26.3 Å². The minimum atomic E-state index is -2.59. The molecule has 0 N–H and O–H groups in total. The van der Waals surface area contributed by atoms with Crippen LogP contribution in [-0.2, 0) is 0 Å². The standard InChI is InChI=1S/C13H18F4OSi/c1-7-8(14)10(16)12(11(17)9(7)15)18-19(5,6)13(2,3)4/h1-6H3. The molecular weight excluding hydrogens is 276 g/mol. The smallest absolute Gasteiger partial charge is 0.250 e. The van der Waals surface area contributed by atoms with Crippen LogP contribution >= 0.6 is 0 Å². The maximum atomic E-state index is 13.7. The van der Waals surface area contributed by atoms with Crippen molar-refractivity contribution in [3.63, 3.8) is 0 Å². The molecule has 0 spiro atoms. The van der Waals surface area contributed by atoms with Crippen molar-refractivity contribution in [2.45, 2.75) is 45.8 Å². The molecule has 0 aliphatic heterocycles. The molecule has 0 aliphatic rings. The molecule has 0 heterocycles. The molecule has 0 saturated heterocycles. The van der Waals surface area contributed by atoms with Crippen molar-refractivity contribution in [3.8, 4) is 5.75 Å². The first kappa shape index (κ1) is 16.0. The Morgan fingerprint density at radius 1 is 0.842 bits per heavy atom. The van der Waals surface area contributed by atoms with Gasteiger partial charge in [0.2, 0.25) is 11.6 Å². The Hall–Kier alpha value is -1.04. The molecule has 0 aliphatic carbocycles. The summed E-state index contributed by atoms with van der Waals surface area (Å²) in [5.74, 6) is -6.71. The molecule has 0 unspecified atom stereocenters. The third-order valence-electron chi connectivity index (χ3n) is 3.61. The van der Waals surface area contributed by atoms with E-state index in [0.29, 0.717) is 0 Å². The van der Waals surface area contributed by atoms with Gasteiger partial charge in [0.25, 0.3) is 8.32 Å². The first-order valence-electron chi connectivity index (χ1n) is 5.91. The largest absolute Gasteiger partial charge is 0.539 e. The Morgan fingerprint density at radius 2 is 1.21 bits per heavy atom. The van der Waals surface area contributed by atoms with E-state index in [1.807, 2.05) is 20.8 Å². The Balaban J connectivity index is 3.39. The van der Waals surface area contributed by atoms with Crippen LogP contribution in [0.2, 0.25) is 18.1 Å². The summed E-state index contributed by atoms with van der Waals surface area (Å²) in [6.45, 7) is 10.0. The van der Waals surface area contributed by atoms with Crippen LogP contribution in [0, 0.1) is 30.2 Å². The first-order valence-corrected chi connectivity index (χ1v) is 8.82. The van der Waals surface area contributed by atoms with Crippen molar-refractivity contribution in [1.82, 2.24) is 0 Å². The molecule has 108 valence electrons. The van der Waals surface area contributed by atoms with E-state index in [0.717, 1.165) is 6.92 Å². The Labute approximate surface area is 111 Å². The highest BCUT2D eigenvalue weighted by Crippen LogP contribution is 2.40. The van der Waals surface area contributed by atoms with E-state index in [1.165, 1.54) is 0 Å². The van der Waals surface area contributed by atoms with Crippen molar-refractivity contribution < 1.29 is 22.0 Å². The molecule has 1 nitrogen and oxygen atoms in total. The number of benzene rings is 1. The van der Waals surface area contributed by atoms with Gasteiger partial charge >= 0.3 is 0 Å². The van der Waals surface area contributed by atoms with Gasteiger partial charge in [0.1, 0.15) is 0 Å². The zero-order valence-electron chi connectivity index (χ0n) is 11.9. The predicted octanol–water partition coefficient (Wildman–Crippen LogP) is 4.94. The van der Waals surface area contributed by atoms with Crippen LogP contribution in [0.3, 0.4) is 0 Å². The fourth-order valence-electron chi connectivity index (χ4n) is 1.22. The molecule has 1 aromatic rings. The van der Waals surface area contributed by atoms with Gasteiger partial charge in [-0.25, -0.2) is 8.78 Å². The van der Waals surface area contributed by atoms with E-state index >= 15 is 0 Å². The summed E-state index contributed by atoms with van der Waals surface area (Å²) in [5.41, 5.74) is -0.683. The number of halogens is 4. The number of hydrogen-bond acceptors (Lipinski definition) is 1. The van der Waals surface area contributed by atoms with E-state index in [4.69, 9.17) is 4.43 Å². The highest BCUT2D eigenvalue weighted by atomic mass is 28.4. The molecule has 1 aromatic carbocycles. The van der Waals surface area contributed by atoms with E-state index in [-0.39, 0.29) is 5.04 Å². The summed E-state index contributed by atoms with van der Waals surface area (Å²) in [5, 5.41) is -0.344. The van der Waals surface area contributed by atoms with E-state index < -0.39 is 42.9 Å². The average Bonchev–Trinajstić information content (AvgIpc) is 2.28. The summed E-state index contributed by atoms with van der Waals surface area (Å²) in [6.07, 6.45) is 0. The van der Waals surface area contributed by atoms with Crippen LogP contribution in [0.4, 0.5) is 17.6 Å². The number of hydrogen-bond donors (Lipinski definition) is 0.